The molecule has 0 spiro atoms. The van der Waals surface area contributed by atoms with E-state index in [1.54, 1.807) is 13.8 Å². The van der Waals surface area contributed by atoms with Gasteiger partial charge in [-0.05, 0) is 26.0 Å². The van der Waals surface area contributed by atoms with Gasteiger partial charge in [-0.15, -0.1) is 0 Å². The Labute approximate surface area is 174 Å². The predicted octanol–water partition coefficient (Wildman–Crippen LogP) is 3.29. The molecule has 0 aromatic heterocycles. The Balaban J connectivity index is 2.38. The number of rotatable bonds is 8. The Morgan fingerprint density at radius 3 is 1.20 bits per heavy atom. The van der Waals surface area contributed by atoms with Gasteiger partial charge in [-0.2, -0.15) is 0 Å². The summed E-state index contributed by atoms with van der Waals surface area (Å²) >= 11 is 0. The summed E-state index contributed by atoms with van der Waals surface area (Å²) in [4.78, 5) is 27.0. The van der Waals surface area contributed by atoms with Crippen molar-refractivity contribution in [1.82, 2.24) is 0 Å². The summed E-state index contributed by atoms with van der Waals surface area (Å²) < 4.78 is 33.0. The fourth-order valence-corrected chi connectivity index (χ4v) is 3.61. The van der Waals surface area contributed by atoms with Gasteiger partial charge in [0.05, 0.1) is 52.8 Å². The van der Waals surface area contributed by atoms with Crippen LogP contribution in [0, 0.1) is 0 Å². The highest BCUT2D eigenvalue weighted by Gasteiger charge is 2.40. The third-order valence-electron chi connectivity index (χ3n) is 4.76. The number of hydrogen-bond donors (Lipinski definition) is 0. The van der Waals surface area contributed by atoms with Gasteiger partial charge in [-0.1, -0.05) is 0 Å². The first-order chi connectivity index (χ1) is 14.5. The summed E-state index contributed by atoms with van der Waals surface area (Å²) in [6.45, 7) is 4.28. The largest absolute Gasteiger partial charge is 0.492 e. The first kappa shape index (κ1) is 21.3. The van der Waals surface area contributed by atoms with Gasteiger partial charge in [0, 0.05) is 11.1 Å². The first-order valence-electron chi connectivity index (χ1n) is 9.41. The lowest BCUT2D eigenvalue weighted by Gasteiger charge is -2.25. The van der Waals surface area contributed by atoms with Crippen LogP contribution in [0.2, 0.25) is 0 Å². The summed E-state index contributed by atoms with van der Waals surface area (Å²) in [6, 6.07) is 2.98. The van der Waals surface area contributed by atoms with E-state index in [-0.39, 0.29) is 45.3 Å². The van der Waals surface area contributed by atoms with Crippen LogP contribution in [0.5, 0.6) is 34.5 Å². The monoisotopic (exact) mass is 416 g/mol. The van der Waals surface area contributed by atoms with Crippen LogP contribution in [0.15, 0.2) is 12.1 Å². The number of carbonyl (C=O) groups excluding carboxylic acids is 2. The van der Waals surface area contributed by atoms with Crippen molar-refractivity contribution in [1.29, 1.82) is 0 Å². The summed E-state index contributed by atoms with van der Waals surface area (Å²) in [5.41, 5.74) is 0.478. The SMILES string of the molecule is CCOc1cc2c(c(OC)c1OC)C(=O)c1cc(OCC)c(OC)c(OC)c1C2=O. The second-order valence-electron chi connectivity index (χ2n) is 6.25. The zero-order valence-electron chi connectivity index (χ0n) is 17.8. The van der Waals surface area contributed by atoms with Crippen LogP contribution in [0.1, 0.15) is 45.7 Å². The quantitative estimate of drug-likeness (QED) is 0.553. The van der Waals surface area contributed by atoms with E-state index in [9.17, 15) is 9.59 Å². The third-order valence-corrected chi connectivity index (χ3v) is 4.76. The van der Waals surface area contributed by atoms with E-state index < -0.39 is 11.6 Å². The van der Waals surface area contributed by atoms with Crippen LogP contribution < -0.4 is 28.4 Å². The second-order valence-corrected chi connectivity index (χ2v) is 6.25. The van der Waals surface area contributed by atoms with Crippen molar-refractivity contribution in [2.24, 2.45) is 0 Å². The van der Waals surface area contributed by atoms with Gasteiger partial charge in [-0.25, -0.2) is 0 Å². The highest BCUT2D eigenvalue weighted by atomic mass is 16.5. The molecule has 8 heteroatoms. The molecule has 2 aromatic rings. The van der Waals surface area contributed by atoms with Crippen LogP contribution in [0.4, 0.5) is 0 Å². The molecule has 0 fully saturated rings. The molecule has 0 radical (unpaired) electrons. The molecule has 160 valence electrons. The molecule has 0 saturated heterocycles. The normalized spacial score (nSPS) is 12.1. The number of ether oxygens (including phenoxy) is 6. The molecule has 1 aliphatic carbocycles. The van der Waals surface area contributed by atoms with Gasteiger partial charge >= 0.3 is 0 Å². The van der Waals surface area contributed by atoms with Crippen LogP contribution >= 0.6 is 0 Å². The summed E-state index contributed by atoms with van der Waals surface area (Å²) in [7, 11) is 5.69. The van der Waals surface area contributed by atoms with Crippen molar-refractivity contribution in [2.45, 2.75) is 13.8 Å². The molecule has 0 atom stereocenters. The molecule has 3 rings (SSSR count). The molecule has 0 heterocycles. The zero-order valence-corrected chi connectivity index (χ0v) is 17.8. The van der Waals surface area contributed by atoms with Crippen LogP contribution in [0.25, 0.3) is 0 Å². The van der Waals surface area contributed by atoms with Gasteiger partial charge < -0.3 is 28.4 Å². The summed E-state index contributed by atoms with van der Waals surface area (Å²) in [6.07, 6.45) is 0. The topological polar surface area (TPSA) is 89.5 Å². The molecule has 0 aliphatic heterocycles. The molecule has 0 N–H and O–H groups in total. The van der Waals surface area contributed by atoms with E-state index in [1.165, 1.54) is 40.6 Å². The molecular weight excluding hydrogens is 392 g/mol. The second kappa shape index (κ2) is 8.52. The minimum atomic E-state index is -0.417. The average molecular weight is 416 g/mol. The van der Waals surface area contributed by atoms with Crippen molar-refractivity contribution in [2.75, 3.05) is 41.7 Å². The lowest BCUT2D eigenvalue weighted by Crippen LogP contribution is -2.24. The van der Waals surface area contributed by atoms with Gasteiger partial charge in [0.25, 0.3) is 0 Å². The fourth-order valence-electron chi connectivity index (χ4n) is 3.61. The van der Waals surface area contributed by atoms with Gasteiger partial charge in [-0.3, -0.25) is 9.59 Å². The molecular formula is C22H24O8. The van der Waals surface area contributed by atoms with E-state index in [2.05, 4.69) is 0 Å². The number of hydrogen-bond acceptors (Lipinski definition) is 8. The van der Waals surface area contributed by atoms with E-state index in [4.69, 9.17) is 28.4 Å². The Hall–Kier alpha value is -3.42. The molecule has 2 aromatic carbocycles. The Bertz CT molecular complexity index is 928. The van der Waals surface area contributed by atoms with E-state index >= 15 is 0 Å². The molecule has 30 heavy (non-hydrogen) atoms. The molecule has 0 saturated carbocycles. The molecule has 1 aliphatic rings. The smallest absolute Gasteiger partial charge is 0.204 e. The predicted molar refractivity (Wildman–Crippen MR) is 108 cm³/mol. The van der Waals surface area contributed by atoms with Crippen molar-refractivity contribution in [3.63, 3.8) is 0 Å². The number of carbonyl (C=O) groups is 2. The Morgan fingerprint density at radius 2 is 0.933 bits per heavy atom. The molecule has 8 nitrogen and oxygen atoms in total. The highest BCUT2D eigenvalue weighted by molar-refractivity contribution is 6.31. The number of ketones is 2. The van der Waals surface area contributed by atoms with Gasteiger partial charge in [0.2, 0.25) is 11.5 Å². The highest BCUT2D eigenvalue weighted by Crippen LogP contribution is 2.50. The minimum Gasteiger partial charge on any atom is -0.492 e. The Morgan fingerprint density at radius 1 is 0.600 bits per heavy atom. The van der Waals surface area contributed by atoms with Crippen molar-refractivity contribution < 1.29 is 38.0 Å². The zero-order chi connectivity index (χ0) is 22.0. The van der Waals surface area contributed by atoms with Crippen LogP contribution in [-0.4, -0.2) is 53.2 Å². The van der Waals surface area contributed by atoms with Gasteiger partial charge in [0.1, 0.15) is 0 Å². The maximum atomic E-state index is 13.5. The first-order valence-corrected chi connectivity index (χ1v) is 9.41. The maximum absolute atomic E-state index is 13.5. The number of benzene rings is 2. The lowest BCUT2D eigenvalue weighted by atomic mass is 9.82. The lowest BCUT2D eigenvalue weighted by molar-refractivity contribution is 0.0971. The van der Waals surface area contributed by atoms with Gasteiger partial charge in [0.15, 0.2) is 34.6 Å². The minimum absolute atomic E-state index is 0.102. The van der Waals surface area contributed by atoms with Crippen molar-refractivity contribution >= 4 is 11.6 Å². The van der Waals surface area contributed by atoms with Crippen LogP contribution in [-0.2, 0) is 0 Å². The fraction of sp³-hybridized carbons (Fsp3) is 0.364. The van der Waals surface area contributed by atoms with E-state index in [0.717, 1.165) is 0 Å². The van der Waals surface area contributed by atoms with Crippen LogP contribution in [0.3, 0.4) is 0 Å². The van der Waals surface area contributed by atoms with Crippen molar-refractivity contribution in [3.8, 4) is 34.5 Å². The van der Waals surface area contributed by atoms with E-state index in [0.29, 0.717) is 24.7 Å². The third kappa shape index (κ3) is 3.08. The van der Waals surface area contributed by atoms with Crippen molar-refractivity contribution in [3.05, 3.63) is 34.4 Å². The summed E-state index contributed by atoms with van der Waals surface area (Å²) in [5, 5.41) is 0. The number of fused-ring (bicyclic) bond motifs is 2. The average Bonchev–Trinajstić information content (AvgIpc) is 2.75. The standard InChI is InChI=1S/C22H24O8/c1-7-29-13-9-11-15(21(27-5)19(13)25-3)18(24)12-10-14(30-8-2)20(26-4)22(28-6)16(12)17(11)23/h9-10H,7-8H2,1-6H3. The molecule has 0 unspecified atom stereocenters. The Kier molecular flexibility index (Phi) is 6.05. The molecule has 0 bridgehead atoms. The molecule has 0 amide bonds. The number of methoxy groups -OCH3 is 4. The summed E-state index contributed by atoms with van der Waals surface area (Å²) in [5.74, 6) is 0.528. The van der Waals surface area contributed by atoms with E-state index in [1.807, 2.05) is 0 Å². The maximum Gasteiger partial charge on any atom is 0.204 e.